The predicted octanol–water partition coefficient (Wildman–Crippen LogP) is 3.53. The molecule has 1 saturated carbocycles. The maximum Gasteiger partial charge on any atom is 0.435 e. The summed E-state index contributed by atoms with van der Waals surface area (Å²) in [5, 5.41) is 20.6. The molecule has 0 radical (unpaired) electrons. The van der Waals surface area contributed by atoms with Crippen molar-refractivity contribution in [2.45, 2.75) is 50.9 Å². The number of aliphatic hydroxyl groups excluding tert-OH is 1. The molecule has 0 aromatic carbocycles. The number of aliphatic hydroxyl groups is 1. The molecule has 0 atom stereocenters. The van der Waals surface area contributed by atoms with Crippen molar-refractivity contribution in [1.82, 2.24) is 20.1 Å². The van der Waals surface area contributed by atoms with Gasteiger partial charge >= 0.3 is 12.2 Å². The number of urea groups is 1. The van der Waals surface area contributed by atoms with Gasteiger partial charge in [-0.15, -0.1) is 0 Å². The molecule has 4 N–H and O–H groups in total. The number of anilines is 2. The summed E-state index contributed by atoms with van der Waals surface area (Å²) in [7, 11) is 0. The van der Waals surface area contributed by atoms with E-state index in [2.05, 4.69) is 26.0 Å². The number of alkyl halides is 3. The smallest absolute Gasteiger partial charge is 0.395 e. The molecule has 0 spiro atoms. The molecule has 2 heterocycles. The van der Waals surface area contributed by atoms with Gasteiger partial charge in [0, 0.05) is 6.54 Å². The van der Waals surface area contributed by atoms with E-state index in [0.29, 0.717) is 23.7 Å². The monoisotopic (exact) mass is 426 g/mol. The van der Waals surface area contributed by atoms with Crippen LogP contribution in [-0.2, 0) is 12.7 Å². The van der Waals surface area contributed by atoms with Crippen LogP contribution in [0.4, 0.5) is 29.5 Å². The summed E-state index contributed by atoms with van der Waals surface area (Å²) in [5.74, 6) is 0.547. The number of rotatable bonds is 7. The van der Waals surface area contributed by atoms with E-state index in [1.807, 2.05) is 0 Å². The van der Waals surface area contributed by atoms with Gasteiger partial charge in [-0.05, 0) is 31.0 Å². The van der Waals surface area contributed by atoms with Gasteiger partial charge in [0.05, 0.1) is 36.8 Å². The molecule has 0 bridgehead atoms. The average molecular weight is 426 g/mol. The minimum atomic E-state index is -4.53. The number of hydrogen-bond donors (Lipinski definition) is 4. The van der Waals surface area contributed by atoms with Gasteiger partial charge in [-0.2, -0.15) is 18.3 Å². The van der Waals surface area contributed by atoms with Crippen molar-refractivity contribution in [2.24, 2.45) is 0 Å². The zero-order valence-electron chi connectivity index (χ0n) is 16.4. The third-order valence-corrected chi connectivity index (χ3v) is 4.89. The number of carbonyl (C=O) groups is 1. The number of nitrogens with zero attached hydrogens (tertiary/aromatic N) is 3. The Balaban J connectivity index is 1.62. The Morgan fingerprint density at radius 3 is 2.63 bits per heavy atom. The second kappa shape index (κ2) is 9.79. The molecule has 0 saturated heterocycles. The van der Waals surface area contributed by atoms with E-state index in [9.17, 15) is 18.0 Å². The van der Waals surface area contributed by atoms with E-state index < -0.39 is 17.9 Å². The summed E-state index contributed by atoms with van der Waals surface area (Å²) in [5.41, 5.74) is -0.190. The lowest BCUT2D eigenvalue weighted by Gasteiger charge is -2.24. The van der Waals surface area contributed by atoms with Gasteiger partial charge in [0.2, 0.25) is 0 Å². The fraction of sp³-hybridized carbons (Fsp3) is 0.526. The standard InChI is InChI=1S/C19H25F3N6O2/c20-19(21,22)16-10-15(28(27-16)14-4-2-1-3-5-14)12-25-18(30)26-13-6-7-17(24-11-13)23-8-9-29/h6-7,10-11,14,29H,1-5,8-9,12H2,(H,23,24)(H2,25,26,30). The van der Waals surface area contributed by atoms with Crippen LogP contribution in [-0.4, -0.2) is 39.1 Å². The second-order valence-electron chi connectivity index (χ2n) is 7.15. The van der Waals surface area contributed by atoms with E-state index >= 15 is 0 Å². The van der Waals surface area contributed by atoms with Crippen LogP contribution in [0.15, 0.2) is 24.4 Å². The molecule has 1 aliphatic rings. The number of carbonyl (C=O) groups excluding carboxylic acids is 1. The summed E-state index contributed by atoms with van der Waals surface area (Å²) in [6, 6.07) is 3.62. The van der Waals surface area contributed by atoms with Crippen LogP contribution in [0, 0.1) is 0 Å². The zero-order valence-corrected chi connectivity index (χ0v) is 16.4. The minimum absolute atomic E-state index is 0.0302. The third-order valence-electron chi connectivity index (χ3n) is 4.89. The Labute approximate surface area is 171 Å². The van der Waals surface area contributed by atoms with E-state index in [1.165, 1.54) is 10.9 Å². The molecule has 0 unspecified atom stereocenters. The highest BCUT2D eigenvalue weighted by molar-refractivity contribution is 5.89. The number of nitrogens with one attached hydrogen (secondary N) is 3. The largest absolute Gasteiger partial charge is 0.435 e. The first-order valence-electron chi connectivity index (χ1n) is 9.88. The van der Waals surface area contributed by atoms with Crippen molar-refractivity contribution in [3.8, 4) is 0 Å². The molecule has 30 heavy (non-hydrogen) atoms. The second-order valence-corrected chi connectivity index (χ2v) is 7.15. The first-order chi connectivity index (χ1) is 14.4. The van der Waals surface area contributed by atoms with Gasteiger partial charge in [-0.25, -0.2) is 9.78 Å². The quantitative estimate of drug-likeness (QED) is 0.542. The van der Waals surface area contributed by atoms with Gasteiger partial charge in [0.1, 0.15) is 5.82 Å². The van der Waals surface area contributed by atoms with Crippen molar-refractivity contribution in [1.29, 1.82) is 0 Å². The molecule has 3 rings (SSSR count). The van der Waals surface area contributed by atoms with Gasteiger partial charge in [0.25, 0.3) is 0 Å². The topological polar surface area (TPSA) is 104 Å². The number of halogens is 3. The Morgan fingerprint density at radius 2 is 2.00 bits per heavy atom. The molecule has 8 nitrogen and oxygen atoms in total. The van der Waals surface area contributed by atoms with E-state index in [4.69, 9.17) is 5.11 Å². The SMILES string of the molecule is O=C(NCc1cc(C(F)(F)F)nn1C1CCCCC1)Nc1ccc(NCCO)nc1. The number of hydrogen-bond acceptors (Lipinski definition) is 5. The lowest BCUT2D eigenvalue weighted by Crippen LogP contribution is -2.30. The molecule has 11 heteroatoms. The highest BCUT2D eigenvalue weighted by atomic mass is 19.4. The van der Waals surface area contributed by atoms with Gasteiger partial charge in [0.15, 0.2) is 5.69 Å². The fourth-order valence-corrected chi connectivity index (χ4v) is 3.45. The number of pyridine rings is 1. The molecule has 0 aliphatic heterocycles. The summed E-state index contributed by atoms with van der Waals surface area (Å²) in [4.78, 5) is 16.3. The summed E-state index contributed by atoms with van der Waals surface area (Å²) in [6.45, 7) is 0.251. The Bertz CT molecular complexity index is 832. The molecular weight excluding hydrogens is 401 g/mol. The highest BCUT2D eigenvalue weighted by Gasteiger charge is 2.36. The lowest BCUT2D eigenvalue weighted by atomic mass is 9.95. The molecule has 1 aliphatic carbocycles. The zero-order chi connectivity index (χ0) is 21.6. The molecule has 2 amide bonds. The Kier molecular flexibility index (Phi) is 7.14. The summed E-state index contributed by atoms with van der Waals surface area (Å²) in [6.07, 6.45) is 1.44. The van der Waals surface area contributed by atoms with E-state index in [0.717, 1.165) is 38.2 Å². The van der Waals surface area contributed by atoms with Crippen LogP contribution in [0.2, 0.25) is 0 Å². The predicted molar refractivity (Wildman–Crippen MR) is 105 cm³/mol. The van der Waals surface area contributed by atoms with Crippen LogP contribution in [0.1, 0.15) is 49.5 Å². The van der Waals surface area contributed by atoms with Gasteiger partial charge in [-0.1, -0.05) is 19.3 Å². The van der Waals surface area contributed by atoms with E-state index in [-0.39, 0.29) is 19.2 Å². The highest BCUT2D eigenvalue weighted by Crippen LogP contribution is 2.33. The Morgan fingerprint density at radius 1 is 1.23 bits per heavy atom. The Hall–Kier alpha value is -2.82. The molecule has 2 aromatic heterocycles. The van der Waals surface area contributed by atoms with Crippen LogP contribution in [0.25, 0.3) is 0 Å². The van der Waals surface area contributed by atoms with Crippen molar-refractivity contribution in [3.63, 3.8) is 0 Å². The lowest BCUT2D eigenvalue weighted by molar-refractivity contribution is -0.141. The van der Waals surface area contributed by atoms with Gasteiger partial charge < -0.3 is 21.1 Å². The fourth-order valence-electron chi connectivity index (χ4n) is 3.45. The molecule has 1 fully saturated rings. The summed E-state index contributed by atoms with van der Waals surface area (Å²) < 4.78 is 40.9. The third kappa shape index (κ3) is 5.85. The molecular formula is C19H25F3N6O2. The van der Waals surface area contributed by atoms with Crippen LogP contribution in [0.5, 0.6) is 0 Å². The van der Waals surface area contributed by atoms with Gasteiger partial charge in [-0.3, -0.25) is 4.68 Å². The maximum absolute atomic E-state index is 13.1. The minimum Gasteiger partial charge on any atom is -0.395 e. The summed E-state index contributed by atoms with van der Waals surface area (Å²) >= 11 is 0. The van der Waals surface area contributed by atoms with Crippen LogP contribution >= 0.6 is 0 Å². The number of amides is 2. The van der Waals surface area contributed by atoms with Crippen molar-refractivity contribution >= 4 is 17.5 Å². The van der Waals surface area contributed by atoms with Crippen LogP contribution in [0.3, 0.4) is 0 Å². The van der Waals surface area contributed by atoms with Crippen LogP contribution < -0.4 is 16.0 Å². The van der Waals surface area contributed by atoms with Crippen molar-refractivity contribution < 1.29 is 23.1 Å². The van der Waals surface area contributed by atoms with Crippen molar-refractivity contribution in [2.75, 3.05) is 23.8 Å². The average Bonchev–Trinajstić information content (AvgIpc) is 3.17. The molecule has 164 valence electrons. The maximum atomic E-state index is 13.1. The first kappa shape index (κ1) is 21.9. The normalized spacial score (nSPS) is 15.1. The van der Waals surface area contributed by atoms with Crippen molar-refractivity contribution in [3.05, 3.63) is 35.8 Å². The van der Waals surface area contributed by atoms with E-state index in [1.54, 1.807) is 12.1 Å². The number of aromatic nitrogens is 3. The first-order valence-corrected chi connectivity index (χ1v) is 9.88. The molecule has 2 aromatic rings.